The molecular weight excluding hydrogens is 346 g/mol. The number of aromatic nitrogens is 4. The lowest BCUT2D eigenvalue weighted by atomic mass is 10.1. The lowest BCUT2D eigenvalue weighted by molar-refractivity contribution is -0.116. The Kier molecular flexibility index (Phi) is 4.98. The highest BCUT2D eigenvalue weighted by Crippen LogP contribution is 2.21. The van der Waals surface area contributed by atoms with Crippen molar-refractivity contribution < 1.29 is 4.79 Å². The largest absolute Gasteiger partial charge is 0.332 e. The Balaban J connectivity index is 1.83. The van der Waals surface area contributed by atoms with Crippen LogP contribution in [0.1, 0.15) is 24.5 Å². The van der Waals surface area contributed by atoms with Gasteiger partial charge in [0.2, 0.25) is 5.91 Å². The molecule has 2 aromatic heterocycles. The molecule has 0 aliphatic carbocycles. The topological polar surface area (TPSA) is 90.9 Å². The van der Waals surface area contributed by atoms with Crippen LogP contribution in [0.3, 0.4) is 0 Å². The summed E-state index contributed by atoms with van der Waals surface area (Å²) in [5.74, 6) is -0.137. The molecule has 1 aromatic carbocycles. The van der Waals surface area contributed by atoms with Crippen molar-refractivity contribution in [3.8, 4) is 0 Å². The molecule has 2 heterocycles. The number of hydrogen-bond donors (Lipinski definition) is 1. The molecule has 0 saturated carbocycles. The van der Waals surface area contributed by atoms with E-state index in [1.165, 1.54) is 17.9 Å². The average Bonchev–Trinajstić information content (AvgIpc) is 3.08. The van der Waals surface area contributed by atoms with Crippen LogP contribution in [0.2, 0.25) is 0 Å². The van der Waals surface area contributed by atoms with Gasteiger partial charge in [0.05, 0.1) is 6.33 Å². The van der Waals surface area contributed by atoms with Gasteiger partial charge in [-0.1, -0.05) is 25.1 Å². The van der Waals surface area contributed by atoms with E-state index in [-0.39, 0.29) is 12.3 Å². The Morgan fingerprint density at radius 2 is 1.93 bits per heavy atom. The number of aryl methyl sites for hydroxylation is 4. The van der Waals surface area contributed by atoms with Gasteiger partial charge < -0.3 is 9.88 Å². The number of carbonyl (C=O) groups excluding carboxylic acids is 1. The molecule has 27 heavy (non-hydrogen) atoms. The molecule has 0 aliphatic heterocycles. The van der Waals surface area contributed by atoms with Gasteiger partial charge in [0.15, 0.2) is 11.2 Å². The summed E-state index contributed by atoms with van der Waals surface area (Å²) in [6, 6.07) is 5.93. The lowest BCUT2D eigenvalue weighted by Crippen LogP contribution is -2.37. The predicted octanol–water partition coefficient (Wildman–Crippen LogP) is 1.33. The van der Waals surface area contributed by atoms with Crippen molar-refractivity contribution in [1.29, 1.82) is 0 Å². The average molecular weight is 369 g/mol. The van der Waals surface area contributed by atoms with Crippen LogP contribution in [0.4, 0.5) is 5.69 Å². The second kappa shape index (κ2) is 7.22. The minimum Gasteiger partial charge on any atom is -0.326 e. The summed E-state index contributed by atoms with van der Waals surface area (Å²) in [5.41, 5.74) is 2.73. The Bertz CT molecular complexity index is 1140. The summed E-state index contributed by atoms with van der Waals surface area (Å²) < 4.78 is 3.99. The summed E-state index contributed by atoms with van der Waals surface area (Å²) in [6.07, 6.45) is 2.51. The third-order valence-corrected chi connectivity index (χ3v) is 4.80. The molecule has 3 aromatic rings. The van der Waals surface area contributed by atoms with E-state index in [0.29, 0.717) is 17.7 Å². The SMILES string of the molecule is CCc1cccc(C)c1NC(=O)CCn1cnc2c1c(=O)n(C)c(=O)n2C. The molecule has 0 spiro atoms. The number of hydrogen-bond acceptors (Lipinski definition) is 4. The number of amides is 1. The van der Waals surface area contributed by atoms with Crippen molar-refractivity contribution in [2.24, 2.45) is 14.1 Å². The normalized spacial score (nSPS) is 11.1. The molecule has 0 atom stereocenters. The summed E-state index contributed by atoms with van der Waals surface area (Å²) in [4.78, 5) is 41.0. The smallest absolute Gasteiger partial charge is 0.326 e. The molecule has 8 heteroatoms. The highest BCUT2D eigenvalue weighted by molar-refractivity contribution is 5.92. The van der Waals surface area contributed by atoms with Crippen LogP contribution in [0.5, 0.6) is 0 Å². The van der Waals surface area contributed by atoms with Gasteiger partial charge in [-0.15, -0.1) is 0 Å². The monoisotopic (exact) mass is 369 g/mol. The first-order chi connectivity index (χ1) is 12.8. The van der Waals surface area contributed by atoms with Crippen molar-refractivity contribution in [2.45, 2.75) is 33.2 Å². The van der Waals surface area contributed by atoms with Crippen LogP contribution >= 0.6 is 0 Å². The maximum absolute atomic E-state index is 12.5. The Morgan fingerprint density at radius 3 is 2.63 bits per heavy atom. The molecule has 0 radical (unpaired) electrons. The van der Waals surface area contributed by atoms with E-state index in [1.807, 2.05) is 32.0 Å². The molecule has 0 aliphatic rings. The van der Waals surface area contributed by atoms with Gasteiger partial charge in [-0.2, -0.15) is 0 Å². The number of benzene rings is 1. The van der Waals surface area contributed by atoms with Gasteiger partial charge in [0.25, 0.3) is 5.56 Å². The number of imidazole rings is 1. The quantitative estimate of drug-likeness (QED) is 0.735. The zero-order valence-electron chi connectivity index (χ0n) is 15.9. The highest BCUT2D eigenvalue weighted by Gasteiger charge is 2.15. The van der Waals surface area contributed by atoms with Gasteiger partial charge in [-0.3, -0.25) is 18.7 Å². The Labute approximate surface area is 156 Å². The van der Waals surface area contributed by atoms with Crippen LogP contribution < -0.4 is 16.6 Å². The summed E-state index contributed by atoms with van der Waals surface area (Å²) in [6.45, 7) is 4.30. The van der Waals surface area contributed by atoms with Crippen molar-refractivity contribution in [3.05, 3.63) is 56.5 Å². The molecule has 142 valence electrons. The second-order valence-electron chi connectivity index (χ2n) is 6.58. The first kappa shape index (κ1) is 18.6. The highest BCUT2D eigenvalue weighted by atomic mass is 16.2. The zero-order chi connectivity index (χ0) is 19.7. The number of rotatable bonds is 5. The van der Waals surface area contributed by atoms with Gasteiger partial charge in [-0.05, 0) is 24.5 Å². The van der Waals surface area contributed by atoms with Crippen molar-refractivity contribution >= 4 is 22.8 Å². The number of carbonyl (C=O) groups is 1. The van der Waals surface area contributed by atoms with E-state index in [0.717, 1.165) is 27.8 Å². The molecule has 0 fully saturated rings. The standard InChI is InChI=1S/C19H23N5O3/c1-5-13-8-6-7-12(2)15(13)21-14(25)9-10-24-11-20-17-16(24)18(26)23(4)19(27)22(17)3/h6-8,11H,5,9-10H2,1-4H3,(H,21,25). The third kappa shape index (κ3) is 3.30. The molecule has 0 saturated heterocycles. The summed E-state index contributed by atoms with van der Waals surface area (Å²) >= 11 is 0. The van der Waals surface area contributed by atoms with E-state index in [4.69, 9.17) is 0 Å². The van der Waals surface area contributed by atoms with Crippen LogP contribution in [-0.2, 0) is 31.9 Å². The number of nitrogens with one attached hydrogen (secondary N) is 1. The summed E-state index contributed by atoms with van der Waals surface area (Å²) in [7, 11) is 3.00. The lowest BCUT2D eigenvalue weighted by Gasteiger charge is -2.13. The summed E-state index contributed by atoms with van der Waals surface area (Å²) in [5, 5.41) is 2.98. The maximum Gasteiger partial charge on any atom is 0.332 e. The Hall–Kier alpha value is -3.16. The molecule has 8 nitrogen and oxygen atoms in total. The fourth-order valence-corrected chi connectivity index (χ4v) is 3.19. The fourth-order valence-electron chi connectivity index (χ4n) is 3.19. The van der Waals surface area contributed by atoms with Crippen LogP contribution in [-0.4, -0.2) is 24.6 Å². The van der Waals surface area contributed by atoms with Crippen LogP contribution in [0, 0.1) is 6.92 Å². The van der Waals surface area contributed by atoms with Crippen molar-refractivity contribution in [3.63, 3.8) is 0 Å². The van der Waals surface area contributed by atoms with E-state index in [1.54, 1.807) is 11.6 Å². The number of anilines is 1. The zero-order valence-corrected chi connectivity index (χ0v) is 15.9. The third-order valence-electron chi connectivity index (χ3n) is 4.80. The Morgan fingerprint density at radius 1 is 1.19 bits per heavy atom. The van der Waals surface area contributed by atoms with Gasteiger partial charge >= 0.3 is 5.69 Å². The molecule has 0 unspecified atom stereocenters. The molecule has 0 bridgehead atoms. The first-order valence-corrected chi connectivity index (χ1v) is 8.84. The first-order valence-electron chi connectivity index (χ1n) is 8.84. The molecule has 3 rings (SSSR count). The molecule has 1 amide bonds. The van der Waals surface area contributed by atoms with Gasteiger partial charge in [0, 0.05) is 32.7 Å². The molecular formula is C19H23N5O3. The fraction of sp³-hybridized carbons (Fsp3) is 0.368. The minimum atomic E-state index is -0.429. The minimum absolute atomic E-state index is 0.137. The molecule has 1 N–H and O–H groups in total. The number of nitrogens with zero attached hydrogens (tertiary/aromatic N) is 4. The van der Waals surface area contributed by atoms with Crippen molar-refractivity contribution in [2.75, 3.05) is 5.32 Å². The number of fused-ring (bicyclic) bond motifs is 1. The van der Waals surface area contributed by atoms with E-state index in [2.05, 4.69) is 10.3 Å². The van der Waals surface area contributed by atoms with E-state index in [9.17, 15) is 14.4 Å². The number of para-hydroxylation sites is 1. The maximum atomic E-state index is 12.5. The van der Waals surface area contributed by atoms with E-state index < -0.39 is 11.2 Å². The van der Waals surface area contributed by atoms with Crippen LogP contribution in [0.15, 0.2) is 34.1 Å². The van der Waals surface area contributed by atoms with Gasteiger partial charge in [-0.25, -0.2) is 9.78 Å². The second-order valence-corrected chi connectivity index (χ2v) is 6.58. The predicted molar refractivity (Wildman–Crippen MR) is 104 cm³/mol. The van der Waals surface area contributed by atoms with Gasteiger partial charge in [0.1, 0.15) is 0 Å². The van der Waals surface area contributed by atoms with Crippen LogP contribution in [0.25, 0.3) is 11.2 Å². The van der Waals surface area contributed by atoms with Crippen molar-refractivity contribution in [1.82, 2.24) is 18.7 Å². The van der Waals surface area contributed by atoms with E-state index >= 15 is 0 Å².